The van der Waals surface area contributed by atoms with E-state index in [2.05, 4.69) is 17.1 Å². The van der Waals surface area contributed by atoms with Gasteiger partial charge in [0.25, 0.3) is 0 Å². The first-order valence-electron chi connectivity index (χ1n) is 6.53. The third-order valence-electron chi connectivity index (χ3n) is 3.51. The normalized spacial score (nSPS) is 23.5. The van der Waals surface area contributed by atoms with Gasteiger partial charge in [-0.25, -0.2) is 0 Å². The van der Waals surface area contributed by atoms with Crippen molar-refractivity contribution in [3.63, 3.8) is 0 Å². The van der Waals surface area contributed by atoms with Crippen molar-refractivity contribution in [3.05, 3.63) is 35.6 Å². The zero-order valence-electron chi connectivity index (χ0n) is 10.8. The molecular formula is C14H16ClN3O. The van der Waals surface area contributed by atoms with Crippen LogP contribution in [0.15, 0.2) is 30.3 Å². The molecule has 2 atom stereocenters. The van der Waals surface area contributed by atoms with E-state index < -0.39 is 0 Å². The number of rotatable bonds is 2. The number of ether oxygens (including phenoxy) is 1. The van der Waals surface area contributed by atoms with Crippen molar-refractivity contribution in [1.82, 2.24) is 14.8 Å². The topological polar surface area (TPSA) is 39.9 Å². The minimum absolute atomic E-state index is 0.251. The fourth-order valence-corrected chi connectivity index (χ4v) is 2.84. The van der Waals surface area contributed by atoms with Crippen LogP contribution in [0.5, 0.6) is 0 Å². The molecule has 2 heterocycles. The van der Waals surface area contributed by atoms with Gasteiger partial charge in [0.1, 0.15) is 0 Å². The van der Waals surface area contributed by atoms with Crippen LogP contribution in [0, 0.1) is 0 Å². The Balaban J connectivity index is 1.99. The summed E-state index contributed by atoms with van der Waals surface area (Å²) in [5.41, 5.74) is 1.04. The van der Waals surface area contributed by atoms with Crippen molar-refractivity contribution in [2.24, 2.45) is 0 Å². The Kier molecular flexibility index (Phi) is 3.53. The van der Waals surface area contributed by atoms with Crippen LogP contribution in [-0.2, 0) is 4.74 Å². The Labute approximate surface area is 117 Å². The molecule has 1 aliphatic heterocycles. The maximum absolute atomic E-state index is 6.22. The van der Waals surface area contributed by atoms with Crippen molar-refractivity contribution >= 4 is 11.6 Å². The maximum atomic E-state index is 6.22. The fourth-order valence-electron chi connectivity index (χ4n) is 2.59. The van der Waals surface area contributed by atoms with Gasteiger partial charge >= 0.3 is 0 Å². The van der Waals surface area contributed by atoms with E-state index in [0.29, 0.717) is 11.3 Å². The Morgan fingerprint density at radius 3 is 2.79 bits per heavy atom. The van der Waals surface area contributed by atoms with Gasteiger partial charge in [-0.2, -0.15) is 0 Å². The van der Waals surface area contributed by atoms with Crippen LogP contribution in [0.25, 0.3) is 11.4 Å². The molecule has 100 valence electrons. The third kappa shape index (κ3) is 2.51. The predicted molar refractivity (Wildman–Crippen MR) is 74.2 cm³/mol. The van der Waals surface area contributed by atoms with Crippen LogP contribution in [0.4, 0.5) is 0 Å². The van der Waals surface area contributed by atoms with Crippen LogP contribution in [-0.4, -0.2) is 27.5 Å². The Hall–Kier alpha value is -1.39. The zero-order chi connectivity index (χ0) is 13.2. The first-order valence-corrected chi connectivity index (χ1v) is 6.91. The van der Waals surface area contributed by atoms with E-state index in [-0.39, 0.29) is 6.10 Å². The number of hydrogen-bond acceptors (Lipinski definition) is 3. The van der Waals surface area contributed by atoms with Crippen molar-refractivity contribution < 1.29 is 4.74 Å². The lowest BCUT2D eigenvalue weighted by Crippen LogP contribution is -2.26. The Morgan fingerprint density at radius 2 is 2.05 bits per heavy atom. The molecule has 0 aliphatic carbocycles. The second-order valence-electron chi connectivity index (χ2n) is 4.89. The van der Waals surface area contributed by atoms with Crippen LogP contribution < -0.4 is 0 Å². The lowest BCUT2D eigenvalue weighted by Gasteiger charge is -2.29. The van der Waals surface area contributed by atoms with E-state index in [9.17, 15) is 0 Å². The molecule has 0 saturated carbocycles. The SMILES string of the molecule is CC1CC(n2c(Cl)nnc2-c2ccccc2)CCO1. The van der Waals surface area contributed by atoms with Gasteiger partial charge in [-0.15, -0.1) is 10.2 Å². The van der Waals surface area contributed by atoms with Gasteiger partial charge in [-0.05, 0) is 31.4 Å². The van der Waals surface area contributed by atoms with Gasteiger partial charge in [-0.1, -0.05) is 30.3 Å². The van der Waals surface area contributed by atoms with Gasteiger partial charge in [0.2, 0.25) is 5.28 Å². The highest BCUT2D eigenvalue weighted by Gasteiger charge is 2.25. The van der Waals surface area contributed by atoms with Crippen molar-refractivity contribution in [1.29, 1.82) is 0 Å². The van der Waals surface area contributed by atoms with Crippen LogP contribution >= 0.6 is 11.6 Å². The van der Waals surface area contributed by atoms with E-state index in [1.165, 1.54) is 0 Å². The predicted octanol–water partition coefficient (Wildman–Crippen LogP) is 3.34. The van der Waals surface area contributed by atoms with Gasteiger partial charge in [0, 0.05) is 18.2 Å². The van der Waals surface area contributed by atoms with Crippen LogP contribution in [0.1, 0.15) is 25.8 Å². The summed E-state index contributed by atoms with van der Waals surface area (Å²) in [5, 5.41) is 8.71. The summed E-state index contributed by atoms with van der Waals surface area (Å²) in [6, 6.07) is 10.3. The third-order valence-corrected chi connectivity index (χ3v) is 3.77. The van der Waals surface area contributed by atoms with E-state index in [1.807, 2.05) is 34.9 Å². The minimum atomic E-state index is 0.251. The van der Waals surface area contributed by atoms with Crippen molar-refractivity contribution in [2.45, 2.75) is 31.9 Å². The molecule has 1 saturated heterocycles. The molecule has 1 aliphatic rings. The van der Waals surface area contributed by atoms with Crippen molar-refractivity contribution in [2.75, 3.05) is 6.61 Å². The number of hydrogen-bond donors (Lipinski definition) is 0. The first-order chi connectivity index (χ1) is 9.25. The molecule has 0 N–H and O–H groups in total. The highest BCUT2D eigenvalue weighted by molar-refractivity contribution is 6.28. The number of aromatic nitrogens is 3. The minimum Gasteiger partial charge on any atom is -0.378 e. The van der Waals surface area contributed by atoms with Gasteiger partial charge < -0.3 is 4.74 Å². The average Bonchev–Trinajstić information content (AvgIpc) is 2.82. The molecule has 0 bridgehead atoms. The van der Waals surface area contributed by atoms with Crippen LogP contribution in [0.2, 0.25) is 5.28 Å². The standard InChI is InChI=1S/C14H16ClN3O/c1-10-9-12(7-8-19-10)18-13(16-17-14(18)15)11-5-3-2-4-6-11/h2-6,10,12H,7-9H2,1H3. The van der Waals surface area contributed by atoms with E-state index in [1.54, 1.807) is 0 Å². The lowest BCUT2D eigenvalue weighted by atomic mass is 10.0. The molecule has 2 unspecified atom stereocenters. The number of nitrogens with zero attached hydrogens (tertiary/aromatic N) is 3. The van der Waals surface area contributed by atoms with E-state index >= 15 is 0 Å². The quantitative estimate of drug-likeness (QED) is 0.845. The largest absolute Gasteiger partial charge is 0.378 e. The summed E-state index contributed by atoms with van der Waals surface area (Å²) < 4.78 is 7.63. The fraction of sp³-hybridized carbons (Fsp3) is 0.429. The number of benzene rings is 1. The van der Waals surface area contributed by atoms with Gasteiger partial charge in [0.05, 0.1) is 6.10 Å². The summed E-state index contributed by atoms with van der Waals surface area (Å²) >= 11 is 6.22. The molecule has 1 aromatic heterocycles. The van der Waals surface area contributed by atoms with Gasteiger partial charge in [0.15, 0.2) is 5.82 Å². The van der Waals surface area contributed by atoms with E-state index in [4.69, 9.17) is 16.3 Å². The molecule has 19 heavy (non-hydrogen) atoms. The molecule has 0 amide bonds. The highest BCUT2D eigenvalue weighted by atomic mass is 35.5. The second kappa shape index (κ2) is 5.31. The molecule has 5 heteroatoms. The molecule has 0 spiro atoms. The summed E-state index contributed by atoms with van der Waals surface area (Å²) in [7, 11) is 0. The average molecular weight is 278 g/mol. The maximum Gasteiger partial charge on any atom is 0.225 e. The summed E-state index contributed by atoms with van der Waals surface area (Å²) in [6.07, 6.45) is 2.14. The Morgan fingerprint density at radius 1 is 1.26 bits per heavy atom. The molecule has 1 fully saturated rings. The molecular weight excluding hydrogens is 262 g/mol. The summed E-state index contributed by atoms with van der Waals surface area (Å²) in [6.45, 7) is 2.85. The molecule has 4 nitrogen and oxygen atoms in total. The monoisotopic (exact) mass is 277 g/mol. The molecule has 3 rings (SSSR count). The zero-order valence-corrected chi connectivity index (χ0v) is 11.5. The van der Waals surface area contributed by atoms with Crippen LogP contribution in [0.3, 0.4) is 0 Å². The highest BCUT2D eigenvalue weighted by Crippen LogP contribution is 2.32. The molecule has 2 aromatic rings. The Bertz CT molecular complexity index is 555. The smallest absolute Gasteiger partial charge is 0.225 e. The second-order valence-corrected chi connectivity index (χ2v) is 5.23. The molecule has 1 aromatic carbocycles. The lowest BCUT2D eigenvalue weighted by molar-refractivity contribution is 0.00626. The first kappa shape index (κ1) is 12.6. The molecule has 0 radical (unpaired) electrons. The summed E-state index contributed by atoms with van der Waals surface area (Å²) in [5.74, 6) is 0.838. The van der Waals surface area contributed by atoms with Gasteiger partial charge in [-0.3, -0.25) is 4.57 Å². The van der Waals surface area contributed by atoms with Crippen molar-refractivity contribution in [3.8, 4) is 11.4 Å². The number of halogens is 1. The van der Waals surface area contributed by atoms with E-state index in [0.717, 1.165) is 30.8 Å². The summed E-state index contributed by atoms with van der Waals surface area (Å²) in [4.78, 5) is 0.